The maximum absolute atomic E-state index is 12.1. The van der Waals surface area contributed by atoms with Crippen LogP contribution >= 0.6 is 0 Å². The van der Waals surface area contributed by atoms with Gasteiger partial charge in [0.25, 0.3) is 0 Å². The highest BCUT2D eigenvalue weighted by atomic mass is 16.7. The van der Waals surface area contributed by atoms with Crippen LogP contribution in [0.4, 0.5) is 0 Å². The number of ether oxygens (including phenoxy) is 3. The van der Waals surface area contributed by atoms with E-state index in [4.69, 9.17) is 23.5 Å². The van der Waals surface area contributed by atoms with Gasteiger partial charge in [-0.2, -0.15) is 0 Å². The van der Waals surface area contributed by atoms with Gasteiger partial charge in [0.1, 0.15) is 12.4 Å². The molecule has 2 aliphatic rings. The molecule has 142 valence electrons. The van der Waals surface area contributed by atoms with Crippen molar-refractivity contribution in [2.45, 2.75) is 57.8 Å². The van der Waals surface area contributed by atoms with Gasteiger partial charge in [-0.1, -0.05) is 0 Å². The summed E-state index contributed by atoms with van der Waals surface area (Å²) in [5.74, 6) is 0.151. The zero-order valence-corrected chi connectivity index (χ0v) is 16.2. The molecule has 1 aromatic rings. The average Bonchev–Trinajstić information content (AvgIpc) is 3.18. The molecule has 3 rings (SSSR count). The van der Waals surface area contributed by atoms with Crippen LogP contribution in [0.15, 0.2) is 18.2 Å². The van der Waals surface area contributed by atoms with Crippen molar-refractivity contribution >= 4 is 18.6 Å². The summed E-state index contributed by atoms with van der Waals surface area (Å²) in [5, 5.41) is 0. The number of hydrogen-bond donors (Lipinski definition) is 0. The molecule has 2 saturated heterocycles. The first-order chi connectivity index (χ1) is 12.2. The first kappa shape index (κ1) is 19.2. The fourth-order valence-electron chi connectivity index (χ4n) is 3.02. The smallest absolute Gasteiger partial charge is 0.491 e. The third-order valence-electron chi connectivity index (χ3n) is 5.34. The van der Waals surface area contributed by atoms with E-state index >= 15 is 0 Å². The molecule has 1 aromatic carbocycles. The Hall–Kier alpha value is -1.57. The Morgan fingerprint density at radius 3 is 2.46 bits per heavy atom. The van der Waals surface area contributed by atoms with Gasteiger partial charge in [-0.15, -0.1) is 0 Å². The summed E-state index contributed by atoms with van der Waals surface area (Å²) in [6.45, 7) is 9.19. The predicted molar refractivity (Wildman–Crippen MR) is 98.0 cm³/mol. The van der Waals surface area contributed by atoms with Gasteiger partial charge >= 0.3 is 13.1 Å². The highest BCUT2D eigenvalue weighted by Gasteiger charge is 2.51. The number of carbonyl (C=O) groups excluding carboxylic acids is 1. The lowest BCUT2D eigenvalue weighted by Gasteiger charge is -2.32. The molecule has 0 N–H and O–H groups in total. The SMILES string of the molecule is COC(=O)c1cc(OC[C@H]2CCCO2)cc(B2OC(C)(C)C(C)(C)O2)c1. The van der Waals surface area contributed by atoms with Crippen LogP contribution < -0.4 is 10.2 Å². The maximum atomic E-state index is 12.1. The van der Waals surface area contributed by atoms with E-state index in [1.165, 1.54) is 7.11 Å². The molecule has 26 heavy (non-hydrogen) atoms. The molecule has 0 spiro atoms. The Morgan fingerprint density at radius 1 is 1.19 bits per heavy atom. The standard InChI is InChI=1S/C19H27BO6/c1-18(2)19(3,4)26-20(25-18)14-9-13(17(21)22-5)10-16(11-14)24-12-15-7-6-8-23-15/h9-11,15H,6-8,12H2,1-5H3/t15-/m1/s1. The van der Waals surface area contributed by atoms with Crippen LogP contribution in [-0.2, 0) is 18.8 Å². The molecule has 0 aromatic heterocycles. The van der Waals surface area contributed by atoms with E-state index in [1.807, 2.05) is 33.8 Å². The highest BCUT2D eigenvalue weighted by molar-refractivity contribution is 6.62. The average molecular weight is 362 g/mol. The Kier molecular flexibility index (Phi) is 5.33. The van der Waals surface area contributed by atoms with E-state index in [-0.39, 0.29) is 6.10 Å². The molecule has 2 heterocycles. The summed E-state index contributed by atoms with van der Waals surface area (Å²) in [5.41, 5.74) is 0.214. The molecule has 2 aliphatic heterocycles. The van der Waals surface area contributed by atoms with Crippen LogP contribution in [0.25, 0.3) is 0 Å². The molecule has 0 amide bonds. The third-order valence-corrected chi connectivity index (χ3v) is 5.34. The number of carbonyl (C=O) groups is 1. The number of esters is 1. The largest absolute Gasteiger partial charge is 0.494 e. The van der Waals surface area contributed by atoms with E-state index in [0.717, 1.165) is 24.9 Å². The topological polar surface area (TPSA) is 63.2 Å². The molecule has 0 unspecified atom stereocenters. The minimum absolute atomic E-state index is 0.0945. The van der Waals surface area contributed by atoms with Gasteiger partial charge in [-0.05, 0) is 64.2 Å². The Balaban J connectivity index is 1.84. The van der Waals surface area contributed by atoms with Crippen molar-refractivity contribution in [3.8, 4) is 5.75 Å². The quantitative estimate of drug-likeness (QED) is 0.592. The fraction of sp³-hybridized carbons (Fsp3) is 0.632. The maximum Gasteiger partial charge on any atom is 0.494 e. The Labute approximate surface area is 155 Å². The zero-order chi connectivity index (χ0) is 18.9. The molecule has 1 atom stereocenters. The van der Waals surface area contributed by atoms with Crippen LogP contribution in [0.3, 0.4) is 0 Å². The van der Waals surface area contributed by atoms with E-state index in [1.54, 1.807) is 12.1 Å². The number of benzene rings is 1. The lowest BCUT2D eigenvalue weighted by molar-refractivity contribution is 0.00578. The van der Waals surface area contributed by atoms with Crippen molar-refractivity contribution in [3.05, 3.63) is 23.8 Å². The molecular formula is C19H27BO6. The van der Waals surface area contributed by atoms with Gasteiger partial charge < -0.3 is 23.5 Å². The summed E-state index contributed by atoms with van der Waals surface area (Å²) in [4.78, 5) is 12.1. The van der Waals surface area contributed by atoms with Gasteiger partial charge in [0.2, 0.25) is 0 Å². The van der Waals surface area contributed by atoms with Gasteiger partial charge in [0, 0.05) is 6.61 Å². The van der Waals surface area contributed by atoms with Crippen molar-refractivity contribution in [2.75, 3.05) is 20.3 Å². The molecule has 7 heteroatoms. The summed E-state index contributed by atoms with van der Waals surface area (Å²) >= 11 is 0. The summed E-state index contributed by atoms with van der Waals surface area (Å²) in [7, 11) is 0.783. The third kappa shape index (κ3) is 3.90. The van der Waals surface area contributed by atoms with Crippen molar-refractivity contribution < 1.29 is 28.3 Å². The van der Waals surface area contributed by atoms with Crippen LogP contribution in [-0.4, -0.2) is 50.7 Å². The number of hydrogen-bond acceptors (Lipinski definition) is 6. The van der Waals surface area contributed by atoms with Crippen molar-refractivity contribution in [1.29, 1.82) is 0 Å². The predicted octanol–water partition coefficient (Wildman–Crippen LogP) is 2.33. The van der Waals surface area contributed by atoms with Gasteiger partial charge in [-0.25, -0.2) is 4.79 Å². The molecule has 0 radical (unpaired) electrons. The van der Waals surface area contributed by atoms with Crippen molar-refractivity contribution in [1.82, 2.24) is 0 Å². The Bertz CT molecular complexity index is 650. The van der Waals surface area contributed by atoms with Crippen molar-refractivity contribution in [3.63, 3.8) is 0 Å². The lowest BCUT2D eigenvalue weighted by Crippen LogP contribution is -2.41. The van der Waals surface area contributed by atoms with Gasteiger partial charge in [0.05, 0.1) is 30.0 Å². The molecule has 2 fully saturated rings. The van der Waals surface area contributed by atoms with Crippen LogP contribution in [0.1, 0.15) is 50.9 Å². The van der Waals surface area contributed by atoms with E-state index < -0.39 is 24.3 Å². The van der Waals surface area contributed by atoms with E-state index in [2.05, 4.69) is 0 Å². The van der Waals surface area contributed by atoms with Crippen LogP contribution in [0.2, 0.25) is 0 Å². The minimum atomic E-state index is -0.574. The summed E-state index contributed by atoms with van der Waals surface area (Å²) in [6.07, 6.45) is 2.13. The summed E-state index contributed by atoms with van der Waals surface area (Å²) < 4.78 is 28.5. The monoisotopic (exact) mass is 362 g/mol. The van der Waals surface area contributed by atoms with Crippen LogP contribution in [0, 0.1) is 0 Å². The zero-order valence-electron chi connectivity index (χ0n) is 16.2. The van der Waals surface area contributed by atoms with E-state index in [0.29, 0.717) is 17.9 Å². The summed E-state index contributed by atoms with van der Waals surface area (Å²) in [6, 6.07) is 5.26. The number of rotatable bonds is 5. The first-order valence-electron chi connectivity index (χ1n) is 9.05. The number of methoxy groups -OCH3 is 1. The van der Waals surface area contributed by atoms with Crippen molar-refractivity contribution in [2.24, 2.45) is 0 Å². The van der Waals surface area contributed by atoms with Gasteiger partial charge in [-0.3, -0.25) is 0 Å². The van der Waals surface area contributed by atoms with Crippen LogP contribution in [0.5, 0.6) is 5.75 Å². The second-order valence-corrected chi connectivity index (χ2v) is 7.82. The second kappa shape index (κ2) is 7.21. The highest BCUT2D eigenvalue weighted by Crippen LogP contribution is 2.36. The molecule has 0 bridgehead atoms. The second-order valence-electron chi connectivity index (χ2n) is 7.82. The molecule has 0 aliphatic carbocycles. The molecule has 0 saturated carbocycles. The minimum Gasteiger partial charge on any atom is -0.491 e. The molecule has 6 nitrogen and oxygen atoms in total. The molecular weight excluding hydrogens is 335 g/mol. The Morgan fingerprint density at radius 2 is 1.88 bits per heavy atom. The van der Waals surface area contributed by atoms with E-state index in [9.17, 15) is 4.79 Å². The van der Waals surface area contributed by atoms with Gasteiger partial charge in [0.15, 0.2) is 0 Å². The lowest BCUT2D eigenvalue weighted by atomic mass is 9.78. The first-order valence-corrected chi connectivity index (χ1v) is 9.05. The normalized spacial score (nSPS) is 23.9. The fourth-order valence-corrected chi connectivity index (χ4v) is 3.02.